The molecule has 3 rings (SSSR count). The number of nitro groups is 1. The minimum absolute atomic E-state index is 0.168. The van der Waals surface area contributed by atoms with Crippen molar-refractivity contribution in [2.24, 2.45) is 5.10 Å². The van der Waals surface area contributed by atoms with E-state index in [1.54, 1.807) is 24.3 Å². The molecular weight excluding hydrogens is 394 g/mol. The quantitative estimate of drug-likeness (QED) is 0.351. The fourth-order valence-corrected chi connectivity index (χ4v) is 2.71. The zero-order valence-corrected chi connectivity index (χ0v) is 15.9. The zero-order chi connectivity index (χ0) is 20.6. The summed E-state index contributed by atoms with van der Waals surface area (Å²) in [6.07, 6.45) is 1.18. The Kier molecular flexibility index (Phi) is 6.55. The van der Waals surface area contributed by atoms with E-state index in [-0.39, 0.29) is 11.3 Å². The first-order valence-electron chi connectivity index (χ1n) is 8.57. The first-order chi connectivity index (χ1) is 14.0. The lowest BCUT2D eigenvalue weighted by Gasteiger charge is -2.10. The Balaban J connectivity index is 1.71. The van der Waals surface area contributed by atoms with Crippen LogP contribution in [-0.4, -0.2) is 17.0 Å². The molecule has 146 valence electrons. The third kappa shape index (κ3) is 5.40. The van der Waals surface area contributed by atoms with Crippen LogP contribution in [0.4, 0.5) is 5.69 Å². The number of amides is 1. The lowest BCUT2D eigenvalue weighted by Crippen LogP contribution is -2.18. The molecule has 0 aliphatic carbocycles. The number of hydrogen-bond acceptors (Lipinski definition) is 5. The SMILES string of the molecule is O=C(N/N=C\c1cc(Cl)ccc1[N+](=O)[O-])c1ccccc1OCc1ccccc1. The largest absolute Gasteiger partial charge is 0.488 e. The van der Waals surface area contributed by atoms with Gasteiger partial charge in [-0.15, -0.1) is 0 Å². The first kappa shape index (κ1) is 20.0. The maximum atomic E-state index is 12.5. The number of carbonyl (C=O) groups excluding carboxylic acids is 1. The fourth-order valence-electron chi connectivity index (χ4n) is 2.53. The van der Waals surface area contributed by atoms with Gasteiger partial charge in [0.05, 0.1) is 22.3 Å². The molecule has 3 aromatic carbocycles. The Morgan fingerprint density at radius 1 is 1.10 bits per heavy atom. The summed E-state index contributed by atoms with van der Waals surface area (Å²) in [6, 6.07) is 20.4. The number of hydrogen-bond donors (Lipinski definition) is 1. The summed E-state index contributed by atoms with van der Waals surface area (Å²) in [5, 5.41) is 15.2. The minimum atomic E-state index is -0.549. The van der Waals surface area contributed by atoms with Crippen molar-refractivity contribution >= 4 is 29.4 Å². The maximum Gasteiger partial charge on any atom is 0.278 e. The maximum absolute atomic E-state index is 12.5. The molecule has 0 saturated carbocycles. The third-order valence-electron chi connectivity index (χ3n) is 3.92. The Bertz CT molecular complexity index is 1050. The Hall–Kier alpha value is -3.71. The van der Waals surface area contributed by atoms with E-state index >= 15 is 0 Å². The van der Waals surface area contributed by atoms with E-state index < -0.39 is 10.8 Å². The van der Waals surface area contributed by atoms with Gasteiger partial charge in [-0.2, -0.15) is 5.10 Å². The third-order valence-corrected chi connectivity index (χ3v) is 4.16. The van der Waals surface area contributed by atoms with Crippen LogP contribution in [0.3, 0.4) is 0 Å². The second-order valence-electron chi connectivity index (χ2n) is 5.93. The van der Waals surface area contributed by atoms with Crippen LogP contribution < -0.4 is 10.2 Å². The molecule has 0 aliphatic heterocycles. The van der Waals surface area contributed by atoms with Crippen molar-refractivity contribution in [3.8, 4) is 5.75 Å². The molecular formula is C21H16ClN3O4. The van der Waals surface area contributed by atoms with Crippen LogP contribution in [0.1, 0.15) is 21.5 Å². The Labute approximate surface area is 171 Å². The number of halogens is 1. The highest BCUT2D eigenvalue weighted by molar-refractivity contribution is 6.31. The first-order valence-corrected chi connectivity index (χ1v) is 8.95. The van der Waals surface area contributed by atoms with Crippen molar-refractivity contribution in [2.45, 2.75) is 6.61 Å². The van der Waals surface area contributed by atoms with Crippen LogP contribution >= 0.6 is 11.6 Å². The molecule has 3 aromatic rings. The second kappa shape index (κ2) is 9.48. The molecule has 0 fully saturated rings. The number of benzene rings is 3. The molecule has 1 amide bonds. The van der Waals surface area contributed by atoms with Gasteiger partial charge >= 0.3 is 0 Å². The lowest BCUT2D eigenvalue weighted by atomic mass is 10.2. The molecule has 0 saturated heterocycles. The lowest BCUT2D eigenvalue weighted by molar-refractivity contribution is -0.385. The number of ether oxygens (including phenoxy) is 1. The molecule has 8 heteroatoms. The van der Waals surface area contributed by atoms with Crippen LogP contribution in [0.15, 0.2) is 77.9 Å². The number of para-hydroxylation sites is 1. The normalized spacial score (nSPS) is 10.7. The molecule has 0 radical (unpaired) electrons. The van der Waals surface area contributed by atoms with Gasteiger partial charge < -0.3 is 4.74 Å². The number of rotatable bonds is 7. The predicted octanol–water partition coefficient (Wildman–Crippen LogP) is 4.59. The highest BCUT2D eigenvalue weighted by atomic mass is 35.5. The van der Waals surface area contributed by atoms with Gasteiger partial charge in [0.2, 0.25) is 0 Å². The summed E-state index contributed by atoms with van der Waals surface area (Å²) in [7, 11) is 0. The molecule has 0 heterocycles. The van der Waals surface area contributed by atoms with Gasteiger partial charge in [0.1, 0.15) is 12.4 Å². The van der Waals surface area contributed by atoms with Crippen molar-refractivity contribution in [2.75, 3.05) is 0 Å². The molecule has 0 spiro atoms. The number of hydrazone groups is 1. The van der Waals surface area contributed by atoms with E-state index in [0.29, 0.717) is 22.9 Å². The summed E-state index contributed by atoms with van der Waals surface area (Å²) in [4.78, 5) is 23.0. The van der Waals surface area contributed by atoms with Crippen molar-refractivity contribution in [3.63, 3.8) is 0 Å². The van der Waals surface area contributed by atoms with E-state index in [0.717, 1.165) is 5.56 Å². The highest BCUT2D eigenvalue weighted by Gasteiger charge is 2.14. The summed E-state index contributed by atoms with van der Waals surface area (Å²) in [5.41, 5.74) is 3.63. The van der Waals surface area contributed by atoms with Crippen LogP contribution in [0.5, 0.6) is 5.75 Å². The predicted molar refractivity (Wildman–Crippen MR) is 110 cm³/mol. The van der Waals surface area contributed by atoms with E-state index in [9.17, 15) is 14.9 Å². The van der Waals surface area contributed by atoms with E-state index in [1.807, 2.05) is 30.3 Å². The Morgan fingerprint density at radius 2 is 1.83 bits per heavy atom. The van der Waals surface area contributed by atoms with Crippen LogP contribution in [0, 0.1) is 10.1 Å². The average molecular weight is 410 g/mol. The number of nitrogens with one attached hydrogen (secondary N) is 1. The van der Waals surface area contributed by atoms with Gasteiger partial charge in [0.15, 0.2) is 0 Å². The molecule has 0 aliphatic rings. The average Bonchev–Trinajstić information content (AvgIpc) is 2.73. The van der Waals surface area contributed by atoms with E-state index in [1.165, 1.54) is 24.4 Å². The van der Waals surface area contributed by atoms with Crippen LogP contribution in [0.25, 0.3) is 0 Å². The summed E-state index contributed by atoms with van der Waals surface area (Å²) in [6.45, 7) is 0.309. The summed E-state index contributed by atoms with van der Waals surface area (Å²) < 4.78 is 5.76. The van der Waals surface area contributed by atoms with E-state index in [4.69, 9.17) is 16.3 Å². The molecule has 0 bridgehead atoms. The standard InChI is InChI=1S/C21H16ClN3O4/c22-17-10-11-19(25(27)28)16(12-17)13-23-24-21(26)18-8-4-5-9-20(18)29-14-15-6-2-1-3-7-15/h1-13H,14H2,(H,24,26)/b23-13-. The minimum Gasteiger partial charge on any atom is -0.488 e. The van der Waals surface area contributed by atoms with Gasteiger partial charge in [0.25, 0.3) is 11.6 Å². The van der Waals surface area contributed by atoms with Crippen molar-refractivity contribution in [3.05, 3.63) is 105 Å². The van der Waals surface area contributed by atoms with Gasteiger partial charge in [0, 0.05) is 11.1 Å². The van der Waals surface area contributed by atoms with Gasteiger partial charge in [-0.3, -0.25) is 14.9 Å². The summed E-state index contributed by atoms with van der Waals surface area (Å²) >= 11 is 5.88. The molecule has 0 aromatic heterocycles. The molecule has 0 atom stereocenters. The molecule has 29 heavy (non-hydrogen) atoms. The monoisotopic (exact) mass is 409 g/mol. The highest BCUT2D eigenvalue weighted by Crippen LogP contribution is 2.21. The fraction of sp³-hybridized carbons (Fsp3) is 0.0476. The molecule has 0 unspecified atom stereocenters. The van der Waals surface area contributed by atoms with Gasteiger partial charge in [-0.1, -0.05) is 54.1 Å². The van der Waals surface area contributed by atoms with E-state index in [2.05, 4.69) is 10.5 Å². The Morgan fingerprint density at radius 3 is 2.59 bits per heavy atom. The molecule has 1 N–H and O–H groups in total. The van der Waals surface area contributed by atoms with Crippen molar-refractivity contribution < 1.29 is 14.5 Å². The van der Waals surface area contributed by atoms with Crippen LogP contribution in [0.2, 0.25) is 5.02 Å². The zero-order valence-electron chi connectivity index (χ0n) is 15.1. The van der Waals surface area contributed by atoms with Crippen LogP contribution in [-0.2, 0) is 6.61 Å². The molecule has 7 nitrogen and oxygen atoms in total. The van der Waals surface area contributed by atoms with Crippen molar-refractivity contribution in [1.82, 2.24) is 5.43 Å². The number of nitrogens with zero attached hydrogens (tertiary/aromatic N) is 2. The van der Waals surface area contributed by atoms with Gasteiger partial charge in [-0.05, 0) is 29.8 Å². The second-order valence-corrected chi connectivity index (χ2v) is 6.37. The number of nitro benzene ring substituents is 1. The smallest absolute Gasteiger partial charge is 0.278 e. The van der Waals surface area contributed by atoms with Gasteiger partial charge in [-0.25, -0.2) is 5.43 Å². The number of carbonyl (C=O) groups is 1. The topological polar surface area (TPSA) is 93.8 Å². The van der Waals surface area contributed by atoms with Crippen molar-refractivity contribution in [1.29, 1.82) is 0 Å². The summed E-state index contributed by atoms with van der Waals surface area (Å²) in [5.74, 6) is -0.104.